The zero-order valence-corrected chi connectivity index (χ0v) is 22.2. The molecule has 0 saturated carbocycles. The van der Waals surface area contributed by atoms with Crippen molar-refractivity contribution in [2.45, 2.75) is 9.79 Å². The van der Waals surface area contributed by atoms with E-state index in [9.17, 15) is 31.0 Å². The fourth-order valence-corrected chi connectivity index (χ4v) is 4.49. The standard InChI is InChI=1S/C20H14N2O7S2.Ba/c23-18-8-6-12-3-1-2-4-16(12)20(18)22-21-14-7-5-13-9-15(30(24,25)26)11-19(17(13)10-14)31(27,28)29;/h1-11,23H,(H,24,25,26)(H,27,28,29);/q;+2/p-2. The van der Waals surface area contributed by atoms with Crippen LogP contribution in [0.15, 0.2) is 86.7 Å². The Morgan fingerprint density at radius 3 is 2.16 bits per heavy atom. The minimum atomic E-state index is -4.96. The molecule has 0 aromatic heterocycles. The van der Waals surface area contributed by atoms with Gasteiger partial charge in [-0.25, -0.2) is 8.42 Å². The summed E-state index contributed by atoms with van der Waals surface area (Å²) >= 11 is 0. The van der Waals surface area contributed by atoms with Crippen LogP contribution in [0.1, 0.15) is 0 Å². The normalized spacial score (nSPS) is 12.3. The summed E-state index contributed by atoms with van der Waals surface area (Å²) < 4.78 is 67.0. The third-order valence-electron chi connectivity index (χ3n) is 4.57. The number of hydrogen-bond acceptors (Lipinski definition) is 8. The van der Waals surface area contributed by atoms with E-state index in [1.807, 2.05) is 12.1 Å². The number of nitrogens with zero attached hydrogens (tertiary/aromatic N) is 2. The molecule has 0 bridgehead atoms. The van der Waals surface area contributed by atoms with Crippen molar-refractivity contribution in [2.75, 3.05) is 0 Å². The summed E-state index contributed by atoms with van der Waals surface area (Å²) in [6.07, 6.45) is 0. The van der Waals surface area contributed by atoms with Crippen LogP contribution >= 0.6 is 0 Å². The van der Waals surface area contributed by atoms with Crippen molar-refractivity contribution in [3.63, 3.8) is 0 Å². The van der Waals surface area contributed by atoms with Gasteiger partial charge in [0.05, 0.1) is 16.3 Å². The van der Waals surface area contributed by atoms with Crippen LogP contribution in [0.4, 0.5) is 11.4 Å². The van der Waals surface area contributed by atoms with E-state index in [0.29, 0.717) is 11.5 Å². The Balaban J connectivity index is 0.00000289. The molecule has 0 atom stereocenters. The van der Waals surface area contributed by atoms with Gasteiger partial charge >= 0.3 is 48.9 Å². The van der Waals surface area contributed by atoms with E-state index in [2.05, 4.69) is 10.2 Å². The quantitative estimate of drug-likeness (QED) is 0.216. The summed E-state index contributed by atoms with van der Waals surface area (Å²) in [4.78, 5) is -1.56. The molecule has 0 fully saturated rings. The Hall–Kier alpha value is -1.81. The van der Waals surface area contributed by atoms with Crippen molar-refractivity contribution in [3.8, 4) is 5.75 Å². The van der Waals surface area contributed by atoms with E-state index in [-0.39, 0.29) is 76.8 Å². The van der Waals surface area contributed by atoms with Gasteiger partial charge in [0.25, 0.3) is 10.1 Å². The van der Waals surface area contributed by atoms with Crippen LogP contribution in [-0.2, 0) is 20.2 Å². The van der Waals surface area contributed by atoms with E-state index in [0.717, 1.165) is 11.5 Å². The fourth-order valence-electron chi connectivity index (χ4n) is 3.15. The van der Waals surface area contributed by atoms with Gasteiger partial charge in [-0.3, -0.25) is 4.55 Å². The second-order valence-corrected chi connectivity index (χ2v) is 9.36. The second kappa shape index (κ2) is 9.21. The van der Waals surface area contributed by atoms with Gasteiger partial charge in [-0.2, -0.15) is 18.6 Å². The molecule has 0 radical (unpaired) electrons. The molecule has 0 aliphatic rings. The van der Waals surface area contributed by atoms with Crippen LogP contribution < -0.4 is 5.11 Å². The third kappa shape index (κ3) is 5.06. The number of azo groups is 1. The smallest absolute Gasteiger partial charge is 0.871 e. The summed E-state index contributed by atoms with van der Waals surface area (Å²) in [6.45, 7) is 0. The van der Waals surface area contributed by atoms with Crippen LogP contribution in [0.2, 0.25) is 0 Å². The molecule has 0 aliphatic carbocycles. The van der Waals surface area contributed by atoms with Crippen molar-refractivity contribution in [2.24, 2.45) is 10.2 Å². The molecule has 0 unspecified atom stereocenters. The molecule has 158 valence electrons. The minimum Gasteiger partial charge on any atom is -0.871 e. The maximum Gasteiger partial charge on any atom is 2.00 e. The molecule has 0 aliphatic heterocycles. The van der Waals surface area contributed by atoms with Gasteiger partial charge < -0.3 is 9.66 Å². The van der Waals surface area contributed by atoms with Crippen LogP contribution in [-0.4, -0.2) is 74.8 Å². The predicted octanol–water partition coefficient (Wildman–Crippen LogP) is 3.25. The first-order chi connectivity index (χ1) is 14.5. The molecule has 9 nitrogen and oxygen atoms in total. The van der Waals surface area contributed by atoms with E-state index in [1.165, 1.54) is 24.3 Å². The second-order valence-electron chi connectivity index (χ2n) is 6.59. The molecule has 0 saturated heterocycles. The van der Waals surface area contributed by atoms with Crippen LogP contribution in [0, 0.1) is 0 Å². The zero-order valence-electron chi connectivity index (χ0n) is 16.2. The van der Waals surface area contributed by atoms with Crippen molar-refractivity contribution in [1.29, 1.82) is 0 Å². The largest absolute Gasteiger partial charge is 2.00 e. The maximum atomic E-state index is 12.2. The van der Waals surface area contributed by atoms with Gasteiger partial charge in [-0.15, -0.1) is 0 Å². The number of hydrogen-bond donors (Lipinski definition) is 1. The zero-order chi connectivity index (χ0) is 22.4. The molecule has 0 amide bonds. The van der Waals surface area contributed by atoms with E-state index in [4.69, 9.17) is 0 Å². The third-order valence-corrected chi connectivity index (χ3v) is 6.28. The molecule has 0 heterocycles. The van der Waals surface area contributed by atoms with Gasteiger partial charge in [0.2, 0.25) is 0 Å². The van der Waals surface area contributed by atoms with E-state index < -0.39 is 30.0 Å². The van der Waals surface area contributed by atoms with Crippen molar-refractivity contribution in [1.82, 2.24) is 0 Å². The molecular formula is C20H12BaN2O7S2. The van der Waals surface area contributed by atoms with E-state index >= 15 is 0 Å². The first kappa shape index (κ1) is 24.8. The maximum absolute atomic E-state index is 12.2. The first-order valence-corrected chi connectivity index (χ1v) is 11.5. The van der Waals surface area contributed by atoms with Crippen molar-refractivity contribution < 1.29 is 31.0 Å². The Bertz CT molecular complexity index is 1600. The SMILES string of the molecule is O=S(=O)([O-])c1cc(S(=O)(=O)O)c2cc(N=Nc3c([O-])ccc4ccccc34)ccc2c1.[Ba+2]. The molecule has 1 N–H and O–H groups in total. The number of fused-ring (bicyclic) bond motifs is 2. The van der Waals surface area contributed by atoms with Gasteiger partial charge in [0.1, 0.15) is 15.0 Å². The average molecular weight is 594 g/mol. The summed E-state index contributed by atoms with van der Waals surface area (Å²) in [6, 6.07) is 15.7. The van der Waals surface area contributed by atoms with Gasteiger partial charge in [0, 0.05) is 10.8 Å². The molecule has 0 spiro atoms. The summed E-state index contributed by atoms with van der Waals surface area (Å²) in [5, 5.41) is 21.6. The molecule has 32 heavy (non-hydrogen) atoms. The Morgan fingerprint density at radius 1 is 0.781 bits per heavy atom. The monoisotopic (exact) mass is 594 g/mol. The van der Waals surface area contributed by atoms with Crippen molar-refractivity contribution in [3.05, 3.63) is 66.7 Å². The number of rotatable bonds is 4. The average Bonchev–Trinajstić information content (AvgIpc) is 2.70. The topological polar surface area (TPSA) is 159 Å². The predicted molar refractivity (Wildman–Crippen MR) is 115 cm³/mol. The van der Waals surface area contributed by atoms with Crippen LogP contribution in [0.3, 0.4) is 0 Å². The molecule has 4 aromatic carbocycles. The Morgan fingerprint density at radius 2 is 1.47 bits per heavy atom. The molecule has 12 heteroatoms. The first-order valence-electron chi connectivity index (χ1n) is 8.66. The van der Waals surface area contributed by atoms with Gasteiger partial charge in [-0.05, 0) is 35.0 Å². The molecule has 4 rings (SSSR count). The summed E-state index contributed by atoms with van der Waals surface area (Å²) in [7, 11) is -9.82. The van der Waals surface area contributed by atoms with Gasteiger partial charge in [0.15, 0.2) is 0 Å². The van der Waals surface area contributed by atoms with E-state index in [1.54, 1.807) is 18.2 Å². The fraction of sp³-hybridized carbons (Fsp3) is 0. The number of benzene rings is 4. The Kier molecular flexibility index (Phi) is 7.14. The van der Waals surface area contributed by atoms with Crippen molar-refractivity contribution >= 4 is 102 Å². The Labute approximate surface area is 223 Å². The minimum absolute atomic E-state index is 0. The van der Waals surface area contributed by atoms with Crippen LogP contribution in [0.25, 0.3) is 21.5 Å². The summed E-state index contributed by atoms with van der Waals surface area (Å²) in [5.41, 5.74) is 0.239. The van der Waals surface area contributed by atoms with Crippen LogP contribution in [0.5, 0.6) is 5.75 Å². The summed E-state index contributed by atoms with van der Waals surface area (Å²) in [5.74, 6) is -0.354. The molecule has 4 aromatic rings. The van der Waals surface area contributed by atoms with Gasteiger partial charge in [-0.1, -0.05) is 48.2 Å². The molecular weight excluding hydrogens is 582 g/mol.